The molecule has 0 saturated carbocycles. The maximum absolute atomic E-state index is 13.2. The zero-order chi connectivity index (χ0) is 19.8. The Morgan fingerprint density at radius 2 is 2.15 bits per heavy atom. The number of carbonyl (C=O) groups is 1. The van der Waals surface area contributed by atoms with E-state index in [9.17, 15) is 22.2 Å². The number of carbonyl (C=O) groups excluding carboxylic acids is 1. The highest BCUT2D eigenvalue weighted by Gasteiger charge is 2.37. The van der Waals surface area contributed by atoms with Gasteiger partial charge in [-0.15, -0.1) is 10.6 Å². The zero-order valence-corrected chi connectivity index (χ0v) is 15.4. The van der Waals surface area contributed by atoms with Crippen LogP contribution in [0.4, 0.5) is 23.7 Å². The monoisotopic (exact) mass is 400 g/mol. The fourth-order valence-corrected chi connectivity index (χ4v) is 3.64. The fraction of sp³-hybridized carbons (Fsp3) is 0.438. The van der Waals surface area contributed by atoms with Crippen molar-refractivity contribution in [1.29, 1.82) is 0 Å². The molecule has 0 fully saturated rings. The topological polar surface area (TPSA) is 89.2 Å². The Morgan fingerprint density at radius 3 is 2.78 bits per heavy atom. The predicted molar refractivity (Wildman–Crippen MR) is 91.7 cm³/mol. The molecule has 2 heterocycles. The number of hydrogen-bond donors (Lipinski definition) is 1. The molecule has 0 atom stereocenters. The molecule has 2 aromatic heterocycles. The standard InChI is InChI=1S/C16H17F3N5O2S/c1-3-24-8-7-12(22-24)27(26)23-15(25)21-13-9(2)14(16(17,18)19)20-11-6-4-5-10(11)13/h7-8H,3-6H2,1-2H3,(H,20,21,25)/q-1. The van der Waals surface area contributed by atoms with Crippen molar-refractivity contribution in [3.8, 4) is 0 Å². The van der Waals surface area contributed by atoms with Crippen LogP contribution >= 0.6 is 0 Å². The second-order valence-corrected chi connectivity index (χ2v) is 7.12. The second kappa shape index (κ2) is 7.29. The smallest absolute Gasteiger partial charge is 0.433 e. The largest absolute Gasteiger partial charge is 0.438 e. The maximum atomic E-state index is 13.2. The molecule has 1 aliphatic carbocycles. The summed E-state index contributed by atoms with van der Waals surface area (Å²) < 4.78 is 56.9. The number of halogens is 3. The van der Waals surface area contributed by atoms with Crippen LogP contribution in [-0.4, -0.2) is 20.8 Å². The van der Waals surface area contributed by atoms with Crippen molar-refractivity contribution in [3.63, 3.8) is 0 Å². The first-order chi connectivity index (χ1) is 12.7. The third kappa shape index (κ3) is 3.97. The van der Waals surface area contributed by atoms with Gasteiger partial charge >= 0.3 is 12.2 Å². The highest BCUT2D eigenvalue weighted by atomic mass is 32.2. The molecule has 11 heteroatoms. The number of alkyl halides is 3. The third-order valence-electron chi connectivity index (χ3n) is 4.25. The summed E-state index contributed by atoms with van der Waals surface area (Å²) in [6.45, 7) is 3.66. The summed E-state index contributed by atoms with van der Waals surface area (Å²) in [6, 6.07) is 0.476. The van der Waals surface area contributed by atoms with Crippen molar-refractivity contribution in [3.05, 3.63) is 34.8 Å². The molecule has 27 heavy (non-hydrogen) atoms. The molecule has 2 amide bonds. The first-order valence-electron chi connectivity index (χ1n) is 8.28. The van der Waals surface area contributed by atoms with Gasteiger partial charge in [-0.05, 0) is 44.7 Å². The summed E-state index contributed by atoms with van der Waals surface area (Å²) >= 11 is 0. The van der Waals surface area contributed by atoms with E-state index in [1.165, 1.54) is 17.7 Å². The predicted octanol–water partition coefficient (Wildman–Crippen LogP) is 3.85. The first kappa shape index (κ1) is 19.3. The van der Waals surface area contributed by atoms with E-state index < -0.39 is 28.5 Å². The van der Waals surface area contributed by atoms with Crippen molar-refractivity contribution in [1.82, 2.24) is 14.8 Å². The van der Waals surface area contributed by atoms with Gasteiger partial charge in [0.2, 0.25) is 0 Å². The van der Waals surface area contributed by atoms with Crippen LogP contribution in [0.2, 0.25) is 0 Å². The van der Waals surface area contributed by atoms with E-state index in [1.54, 1.807) is 6.20 Å². The van der Waals surface area contributed by atoms with E-state index in [4.69, 9.17) is 0 Å². The fourth-order valence-electron chi connectivity index (χ4n) is 2.99. The molecule has 0 radical (unpaired) electrons. The van der Waals surface area contributed by atoms with Gasteiger partial charge in [-0.3, -0.25) is 4.68 Å². The molecular weight excluding hydrogens is 383 g/mol. The normalized spacial score (nSPS) is 15.0. The second-order valence-electron chi connectivity index (χ2n) is 6.02. The number of aromatic nitrogens is 3. The minimum Gasteiger partial charge on any atom is -0.438 e. The van der Waals surface area contributed by atoms with Gasteiger partial charge in [0.25, 0.3) is 0 Å². The number of hydrogen-bond acceptors (Lipinski definition) is 5. The summed E-state index contributed by atoms with van der Waals surface area (Å²) in [4.78, 5) is 15.9. The lowest BCUT2D eigenvalue weighted by Gasteiger charge is -2.17. The van der Waals surface area contributed by atoms with Crippen molar-refractivity contribution in [2.24, 2.45) is 4.36 Å². The van der Waals surface area contributed by atoms with E-state index >= 15 is 0 Å². The number of nitrogens with zero attached hydrogens (tertiary/aromatic N) is 4. The van der Waals surface area contributed by atoms with E-state index in [0.29, 0.717) is 37.1 Å². The molecule has 0 unspecified atom stereocenters. The number of urea groups is 1. The van der Waals surface area contributed by atoms with Gasteiger partial charge in [0, 0.05) is 29.0 Å². The molecule has 0 bridgehead atoms. The summed E-state index contributed by atoms with van der Waals surface area (Å²) in [5.74, 6) is 0. The number of anilines is 1. The number of pyridine rings is 1. The summed E-state index contributed by atoms with van der Waals surface area (Å²) in [7, 11) is -2.05. The average Bonchev–Trinajstić information content (AvgIpc) is 3.24. The number of rotatable bonds is 3. The zero-order valence-electron chi connectivity index (χ0n) is 14.6. The number of amides is 2. The van der Waals surface area contributed by atoms with Crippen LogP contribution in [0.15, 0.2) is 21.7 Å². The summed E-state index contributed by atoms with van der Waals surface area (Å²) in [5, 5.41) is 6.46. The minimum atomic E-state index is -4.63. The highest BCUT2D eigenvalue weighted by Crippen LogP contribution is 2.38. The Hall–Kier alpha value is -2.43. The Kier molecular flexibility index (Phi) is 5.22. The van der Waals surface area contributed by atoms with Crippen LogP contribution in [0.1, 0.15) is 35.9 Å². The molecular formula is C16H17F3N5O2S-. The van der Waals surface area contributed by atoms with Gasteiger partial charge in [-0.1, -0.05) is 0 Å². The minimum absolute atomic E-state index is 0.0506. The van der Waals surface area contributed by atoms with Crippen molar-refractivity contribution < 1.29 is 22.2 Å². The molecule has 2 aromatic rings. The average molecular weight is 400 g/mol. The molecule has 1 aliphatic rings. The Morgan fingerprint density at radius 1 is 1.41 bits per heavy atom. The van der Waals surface area contributed by atoms with Crippen LogP contribution in [0.25, 0.3) is 0 Å². The Bertz CT molecular complexity index is 977. The summed E-state index contributed by atoms with van der Waals surface area (Å²) in [6.07, 6.45) is -1.45. The van der Waals surface area contributed by atoms with E-state index in [1.807, 2.05) is 6.92 Å². The van der Waals surface area contributed by atoms with Gasteiger partial charge in [0.15, 0.2) is 0 Å². The van der Waals surface area contributed by atoms with Gasteiger partial charge in [-0.2, -0.15) is 18.3 Å². The van der Waals surface area contributed by atoms with E-state index in [2.05, 4.69) is 19.8 Å². The van der Waals surface area contributed by atoms with Crippen molar-refractivity contribution in [2.75, 3.05) is 5.32 Å². The maximum Gasteiger partial charge on any atom is 0.433 e. The molecule has 0 saturated heterocycles. The quantitative estimate of drug-likeness (QED) is 0.793. The lowest BCUT2D eigenvalue weighted by Crippen LogP contribution is -2.17. The van der Waals surface area contributed by atoms with Gasteiger partial charge < -0.3 is 13.9 Å². The first-order valence-corrected chi connectivity index (χ1v) is 9.39. The molecule has 0 aliphatic heterocycles. The summed E-state index contributed by atoms with van der Waals surface area (Å²) in [5.41, 5.74) is -0.250. The van der Waals surface area contributed by atoms with Crippen molar-refractivity contribution in [2.45, 2.75) is 50.9 Å². The Labute approximate surface area is 155 Å². The molecule has 0 spiro atoms. The number of nitrogens with one attached hydrogen (secondary N) is 1. The molecule has 7 nitrogen and oxygen atoms in total. The van der Waals surface area contributed by atoms with Crippen LogP contribution in [0.5, 0.6) is 0 Å². The van der Waals surface area contributed by atoms with Crippen LogP contribution in [0.3, 0.4) is 0 Å². The number of aryl methyl sites for hydroxylation is 2. The highest BCUT2D eigenvalue weighted by molar-refractivity contribution is 7.75. The third-order valence-corrected chi connectivity index (χ3v) is 5.16. The van der Waals surface area contributed by atoms with Crippen LogP contribution in [-0.2, 0) is 40.4 Å². The van der Waals surface area contributed by atoms with E-state index in [-0.39, 0.29) is 16.3 Å². The van der Waals surface area contributed by atoms with Crippen LogP contribution in [0, 0.1) is 6.92 Å². The Balaban J connectivity index is 1.93. The van der Waals surface area contributed by atoms with Crippen LogP contribution < -0.4 is 5.32 Å². The molecule has 1 N–H and O–H groups in total. The molecule has 0 aromatic carbocycles. The SMILES string of the molecule is CCn1ccc([S-](=O)=NC(=O)Nc2c(C)c(C(F)(F)F)nc3c2CCC3)n1. The van der Waals surface area contributed by atoms with Gasteiger partial charge in [0.1, 0.15) is 5.69 Å². The number of fused-ring (bicyclic) bond motifs is 1. The van der Waals surface area contributed by atoms with Gasteiger partial charge in [0.05, 0.1) is 5.69 Å². The lowest BCUT2D eigenvalue weighted by molar-refractivity contribution is -0.141. The van der Waals surface area contributed by atoms with Gasteiger partial charge in [-0.25, -0.2) is 9.78 Å². The lowest BCUT2D eigenvalue weighted by atomic mass is 10.1. The van der Waals surface area contributed by atoms with Crippen molar-refractivity contribution >= 4 is 22.3 Å². The molecule has 146 valence electrons. The molecule has 3 rings (SSSR count). The van der Waals surface area contributed by atoms with E-state index in [0.717, 1.165) is 0 Å².